The van der Waals surface area contributed by atoms with Crippen molar-refractivity contribution in [2.24, 2.45) is 11.8 Å². The first kappa shape index (κ1) is 28.4. The van der Waals surface area contributed by atoms with Gasteiger partial charge in [0.05, 0.1) is 0 Å². The zero-order valence-corrected chi connectivity index (χ0v) is 23.4. The van der Waals surface area contributed by atoms with Crippen molar-refractivity contribution in [3.8, 4) is 0 Å². The molecule has 38 heavy (non-hydrogen) atoms. The van der Waals surface area contributed by atoms with E-state index in [2.05, 4.69) is 10.6 Å². The predicted octanol–water partition coefficient (Wildman–Crippen LogP) is 2.66. The van der Waals surface area contributed by atoms with Gasteiger partial charge in [-0.2, -0.15) is 0 Å². The van der Waals surface area contributed by atoms with Gasteiger partial charge in [-0.3, -0.25) is 0 Å². The number of alkyl carbamates (subject to hydrolysis) is 2. The fourth-order valence-corrected chi connectivity index (χ4v) is 5.39. The van der Waals surface area contributed by atoms with Crippen molar-refractivity contribution in [1.29, 1.82) is 0 Å². The molecule has 2 saturated heterocycles. The summed E-state index contributed by atoms with van der Waals surface area (Å²) in [4.78, 5) is 60.0. The Bertz CT molecular complexity index is 872. The number of rotatable bonds is 6. The summed E-state index contributed by atoms with van der Waals surface area (Å²) in [5.74, 6) is -1.98. The molecule has 0 aromatic carbocycles. The maximum Gasteiger partial charge on any atom is 0.438 e. The van der Waals surface area contributed by atoms with Gasteiger partial charge < -0.3 is 29.8 Å². The van der Waals surface area contributed by atoms with Gasteiger partial charge in [-0.1, -0.05) is 0 Å². The molecule has 0 spiro atoms. The number of carbonyl (C=O) groups is 4. The molecule has 2 amide bonds. The second-order valence-corrected chi connectivity index (χ2v) is 13.1. The normalized spacial score (nSPS) is 26.3. The molecule has 0 radical (unpaired) electrons. The van der Waals surface area contributed by atoms with Crippen LogP contribution >= 0.6 is 0 Å². The molecule has 0 bridgehead atoms. The average Bonchev–Trinajstić information content (AvgIpc) is 3.59. The van der Waals surface area contributed by atoms with E-state index in [4.69, 9.17) is 19.1 Å². The lowest BCUT2D eigenvalue weighted by molar-refractivity contribution is -0.214. The second kappa shape index (κ2) is 10.2. The van der Waals surface area contributed by atoms with Crippen LogP contribution < -0.4 is 10.6 Å². The first-order chi connectivity index (χ1) is 17.6. The summed E-state index contributed by atoms with van der Waals surface area (Å²) in [5.41, 5.74) is -1.89. The molecule has 0 unspecified atom stereocenters. The number of carbonyl (C=O) groups excluding carboxylic acids is 4. The van der Waals surface area contributed by atoms with Crippen LogP contribution in [0.3, 0.4) is 0 Å². The molecular formula is C26H42N4O8. The molecule has 214 valence electrons. The predicted molar refractivity (Wildman–Crippen MR) is 134 cm³/mol. The van der Waals surface area contributed by atoms with Crippen LogP contribution in [0.4, 0.5) is 9.59 Å². The summed E-state index contributed by atoms with van der Waals surface area (Å²) >= 11 is 0. The van der Waals surface area contributed by atoms with Crippen LogP contribution in [0.1, 0.15) is 80.1 Å². The van der Waals surface area contributed by atoms with Crippen LogP contribution in [0.25, 0.3) is 0 Å². The van der Waals surface area contributed by atoms with E-state index >= 15 is 0 Å². The molecular weight excluding hydrogens is 496 g/mol. The van der Waals surface area contributed by atoms with Crippen molar-refractivity contribution in [3.63, 3.8) is 0 Å². The van der Waals surface area contributed by atoms with Gasteiger partial charge in [-0.15, -0.1) is 10.1 Å². The van der Waals surface area contributed by atoms with Gasteiger partial charge in [0.25, 0.3) is 0 Å². The summed E-state index contributed by atoms with van der Waals surface area (Å²) in [5, 5.41) is 8.91. The highest BCUT2D eigenvalue weighted by molar-refractivity contribution is 6.29. The fourth-order valence-electron chi connectivity index (χ4n) is 5.39. The van der Waals surface area contributed by atoms with E-state index in [1.165, 1.54) is 10.1 Å². The summed E-state index contributed by atoms with van der Waals surface area (Å²) in [6.07, 6.45) is 3.88. The number of nitrogens with zero attached hydrogens (tertiary/aromatic N) is 2. The molecule has 12 heteroatoms. The molecule has 4 rings (SSSR count). The van der Waals surface area contributed by atoms with Gasteiger partial charge in [0.15, 0.2) is 0 Å². The number of amides is 2. The van der Waals surface area contributed by atoms with Gasteiger partial charge in [-0.05, 0) is 91.9 Å². The minimum atomic E-state index is -1.08. The van der Waals surface area contributed by atoms with Gasteiger partial charge >= 0.3 is 24.1 Å². The molecule has 2 saturated carbocycles. The third kappa shape index (κ3) is 7.28. The zero-order valence-electron chi connectivity index (χ0n) is 23.4. The number of ether oxygens (including phenoxy) is 2. The molecule has 2 atom stereocenters. The summed E-state index contributed by atoms with van der Waals surface area (Å²) in [6, 6.07) is 0. The van der Waals surface area contributed by atoms with Crippen molar-refractivity contribution in [2.45, 2.75) is 102 Å². The first-order valence-corrected chi connectivity index (χ1v) is 13.5. The second-order valence-electron chi connectivity index (χ2n) is 13.1. The standard InChI is InChI=1S/C26H42N4O8/c1-23(2,3)35-21(33)27-25(9-10-25)17-7-13-29(15-17)37-19(31)20(32)38-30-14-8-18(16-30)26(11-12-26)28-22(34)36-24(4,5)6/h17-18H,7-16H2,1-6H3,(H,27,33)(H,28,34)/t17-,18-/m1/s1. The van der Waals surface area contributed by atoms with Crippen molar-refractivity contribution in [1.82, 2.24) is 20.8 Å². The van der Waals surface area contributed by atoms with Crippen LogP contribution in [0.5, 0.6) is 0 Å². The Morgan fingerprint density at radius 3 is 1.29 bits per heavy atom. The third-order valence-electron chi connectivity index (χ3n) is 7.53. The molecule has 2 aliphatic carbocycles. The quantitative estimate of drug-likeness (QED) is 0.486. The minimum absolute atomic E-state index is 0.0883. The Labute approximate surface area is 223 Å². The monoisotopic (exact) mass is 538 g/mol. The van der Waals surface area contributed by atoms with Crippen LogP contribution in [0.15, 0.2) is 0 Å². The number of hydrogen-bond acceptors (Lipinski definition) is 10. The molecule has 2 N–H and O–H groups in total. The van der Waals surface area contributed by atoms with Crippen LogP contribution in [-0.4, -0.2) is 82.7 Å². The number of hydroxylamine groups is 4. The average molecular weight is 539 g/mol. The summed E-state index contributed by atoms with van der Waals surface area (Å²) in [7, 11) is 0. The molecule has 12 nitrogen and oxygen atoms in total. The van der Waals surface area contributed by atoms with E-state index in [0.717, 1.165) is 38.5 Å². The summed E-state index contributed by atoms with van der Waals surface area (Å²) < 4.78 is 10.8. The van der Waals surface area contributed by atoms with E-state index in [9.17, 15) is 19.2 Å². The highest BCUT2D eigenvalue weighted by atomic mass is 16.8. The molecule has 2 heterocycles. The molecule has 4 aliphatic rings. The van der Waals surface area contributed by atoms with E-state index in [0.29, 0.717) is 26.2 Å². The lowest BCUT2D eigenvalue weighted by atomic mass is 9.96. The number of hydrogen-bond donors (Lipinski definition) is 2. The van der Waals surface area contributed by atoms with Crippen molar-refractivity contribution in [3.05, 3.63) is 0 Å². The lowest BCUT2D eigenvalue weighted by Gasteiger charge is -2.27. The number of nitrogens with one attached hydrogen (secondary N) is 2. The van der Waals surface area contributed by atoms with E-state index in [-0.39, 0.29) is 22.9 Å². The Morgan fingerprint density at radius 1 is 0.658 bits per heavy atom. The SMILES string of the molecule is CC(C)(C)OC(=O)NC1([C@@H]2CCN(OC(=O)C(=O)ON3CC[C@@H](C4(NC(=O)OC(C)(C)C)CC4)C3)C2)CC1. The molecule has 2 aliphatic heterocycles. The molecule has 0 aromatic rings. The highest BCUT2D eigenvalue weighted by Crippen LogP contribution is 2.47. The fraction of sp³-hybridized carbons (Fsp3) is 0.846. The Morgan fingerprint density at radius 2 is 1.00 bits per heavy atom. The highest BCUT2D eigenvalue weighted by Gasteiger charge is 2.55. The van der Waals surface area contributed by atoms with Crippen molar-refractivity contribution >= 4 is 24.1 Å². The van der Waals surface area contributed by atoms with Gasteiger partial charge in [0, 0.05) is 37.3 Å². The minimum Gasteiger partial charge on any atom is -0.444 e. The Kier molecular flexibility index (Phi) is 7.61. The lowest BCUT2D eigenvalue weighted by Crippen LogP contribution is -2.46. The van der Waals surface area contributed by atoms with Gasteiger partial charge in [0.1, 0.15) is 11.2 Å². The largest absolute Gasteiger partial charge is 0.444 e. The Balaban J connectivity index is 1.19. The van der Waals surface area contributed by atoms with E-state index in [1.54, 1.807) is 0 Å². The van der Waals surface area contributed by atoms with Crippen LogP contribution in [0, 0.1) is 11.8 Å². The smallest absolute Gasteiger partial charge is 0.438 e. The van der Waals surface area contributed by atoms with Crippen molar-refractivity contribution < 1.29 is 38.3 Å². The van der Waals surface area contributed by atoms with Crippen LogP contribution in [0.2, 0.25) is 0 Å². The van der Waals surface area contributed by atoms with E-state index in [1.807, 2.05) is 41.5 Å². The Hall–Kier alpha value is -2.60. The maximum atomic E-state index is 12.4. The zero-order chi connectivity index (χ0) is 27.9. The molecule has 4 fully saturated rings. The molecule has 0 aromatic heterocycles. The van der Waals surface area contributed by atoms with Crippen molar-refractivity contribution in [2.75, 3.05) is 26.2 Å². The first-order valence-electron chi connectivity index (χ1n) is 13.5. The van der Waals surface area contributed by atoms with Gasteiger partial charge in [0.2, 0.25) is 0 Å². The third-order valence-corrected chi connectivity index (χ3v) is 7.53. The van der Waals surface area contributed by atoms with Gasteiger partial charge in [-0.25, -0.2) is 19.2 Å². The topological polar surface area (TPSA) is 136 Å². The van der Waals surface area contributed by atoms with Crippen LogP contribution in [-0.2, 0) is 28.7 Å². The van der Waals surface area contributed by atoms with E-state index < -0.39 is 35.3 Å². The summed E-state index contributed by atoms with van der Waals surface area (Å²) in [6.45, 7) is 12.6. The maximum absolute atomic E-state index is 12.4.